The Hall–Kier alpha value is -3.27. The lowest BCUT2D eigenvalue weighted by Gasteiger charge is -2.14. The summed E-state index contributed by atoms with van der Waals surface area (Å²) in [5, 5.41) is 12.4. The summed E-state index contributed by atoms with van der Waals surface area (Å²) >= 11 is 0. The van der Waals surface area contributed by atoms with Crippen LogP contribution in [0.2, 0.25) is 0 Å². The normalized spacial score (nSPS) is 10.2. The summed E-state index contributed by atoms with van der Waals surface area (Å²) in [4.78, 5) is 11.3. The Kier molecular flexibility index (Phi) is 4.77. The molecule has 0 aliphatic carbocycles. The van der Waals surface area contributed by atoms with Gasteiger partial charge in [0.25, 0.3) is 0 Å². The van der Waals surface area contributed by atoms with Crippen LogP contribution in [0.4, 0.5) is 11.4 Å². The van der Waals surface area contributed by atoms with Gasteiger partial charge in [0, 0.05) is 0 Å². The monoisotopic (exact) mass is 319 g/mol. The zero-order valence-electron chi connectivity index (χ0n) is 13.0. The molecule has 0 amide bonds. The molecule has 0 atom stereocenters. The Morgan fingerprint density at radius 1 is 0.833 bits per heavy atom. The van der Waals surface area contributed by atoms with Crippen LogP contribution in [0, 0.1) is 0 Å². The average Bonchev–Trinajstić information content (AvgIpc) is 2.62. The van der Waals surface area contributed by atoms with E-state index >= 15 is 0 Å². The molecule has 0 radical (unpaired) electrons. The third kappa shape index (κ3) is 3.73. The van der Waals surface area contributed by atoms with Crippen LogP contribution in [0.15, 0.2) is 78.9 Å². The quantitative estimate of drug-likeness (QED) is 0.691. The molecule has 0 saturated heterocycles. The van der Waals surface area contributed by atoms with E-state index in [0.29, 0.717) is 18.0 Å². The molecule has 0 bridgehead atoms. The number of para-hydroxylation sites is 3. The lowest BCUT2D eigenvalue weighted by molar-refractivity contribution is 0.0698. The van der Waals surface area contributed by atoms with Gasteiger partial charge in [-0.2, -0.15) is 0 Å². The summed E-state index contributed by atoms with van der Waals surface area (Å²) in [5.74, 6) is -0.303. The fourth-order valence-corrected chi connectivity index (χ4v) is 2.35. The van der Waals surface area contributed by atoms with Crippen LogP contribution in [0.25, 0.3) is 0 Å². The van der Waals surface area contributed by atoms with E-state index in [2.05, 4.69) is 5.32 Å². The maximum Gasteiger partial charge on any atom is 0.337 e. The van der Waals surface area contributed by atoms with Crippen LogP contribution in [0.3, 0.4) is 0 Å². The molecule has 0 aromatic heterocycles. The van der Waals surface area contributed by atoms with Crippen molar-refractivity contribution in [3.63, 3.8) is 0 Å². The zero-order chi connectivity index (χ0) is 16.8. The fourth-order valence-electron chi connectivity index (χ4n) is 2.35. The number of anilines is 2. The van der Waals surface area contributed by atoms with Crippen molar-refractivity contribution < 1.29 is 14.6 Å². The van der Waals surface area contributed by atoms with Crippen LogP contribution in [0.5, 0.6) is 5.75 Å². The minimum atomic E-state index is -0.971. The fraction of sp³-hybridized carbons (Fsp3) is 0.0500. The van der Waals surface area contributed by atoms with Crippen molar-refractivity contribution >= 4 is 17.3 Å². The molecule has 2 N–H and O–H groups in total. The Balaban J connectivity index is 1.81. The molecule has 4 heteroatoms. The Morgan fingerprint density at radius 2 is 1.46 bits per heavy atom. The molecule has 0 fully saturated rings. The number of carboxylic acids is 1. The smallest absolute Gasteiger partial charge is 0.337 e. The summed E-state index contributed by atoms with van der Waals surface area (Å²) < 4.78 is 5.89. The molecule has 3 rings (SSSR count). The van der Waals surface area contributed by atoms with Crippen molar-refractivity contribution in [1.29, 1.82) is 0 Å². The van der Waals surface area contributed by atoms with E-state index in [1.54, 1.807) is 24.3 Å². The Labute approximate surface area is 140 Å². The molecule has 3 aromatic carbocycles. The second kappa shape index (κ2) is 7.33. The van der Waals surface area contributed by atoms with Gasteiger partial charge in [0.15, 0.2) is 0 Å². The number of hydrogen-bond acceptors (Lipinski definition) is 3. The summed E-state index contributed by atoms with van der Waals surface area (Å²) in [6.07, 6.45) is 0. The Bertz CT molecular complexity index is 831. The maximum atomic E-state index is 11.3. The highest BCUT2D eigenvalue weighted by Crippen LogP contribution is 2.29. The molecular formula is C20H17NO3. The second-order valence-corrected chi connectivity index (χ2v) is 5.25. The third-order valence-corrected chi connectivity index (χ3v) is 3.55. The summed E-state index contributed by atoms with van der Waals surface area (Å²) in [5.41, 5.74) is 2.54. The highest BCUT2D eigenvalue weighted by Gasteiger charge is 2.11. The maximum absolute atomic E-state index is 11.3. The van der Waals surface area contributed by atoms with Gasteiger partial charge in [-0.25, -0.2) is 4.79 Å². The number of nitrogens with one attached hydrogen (secondary N) is 1. The molecule has 0 unspecified atom stereocenters. The number of carboxylic acid groups (broad SMARTS) is 1. The second-order valence-electron chi connectivity index (χ2n) is 5.25. The van der Waals surface area contributed by atoms with Crippen LogP contribution in [-0.4, -0.2) is 11.1 Å². The van der Waals surface area contributed by atoms with Crippen molar-refractivity contribution in [2.24, 2.45) is 0 Å². The van der Waals surface area contributed by atoms with Crippen molar-refractivity contribution in [2.75, 3.05) is 5.32 Å². The molecule has 0 spiro atoms. The highest BCUT2D eigenvalue weighted by atomic mass is 16.5. The molecule has 0 heterocycles. The number of ether oxygens (including phenoxy) is 1. The van der Waals surface area contributed by atoms with Crippen molar-refractivity contribution in [1.82, 2.24) is 0 Å². The van der Waals surface area contributed by atoms with E-state index < -0.39 is 5.97 Å². The van der Waals surface area contributed by atoms with Crippen molar-refractivity contribution in [3.05, 3.63) is 90.0 Å². The van der Waals surface area contributed by atoms with Gasteiger partial charge in [0.1, 0.15) is 12.4 Å². The zero-order valence-corrected chi connectivity index (χ0v) is 13.0. The largest absolute Gasteiger partial charge is 0.487 e. The summed E-state index contributed by atoms with van der Waals surface area (Å²) in [6, 6.07) is 24.2. The predicted molar refractivity (Wildman–Crippen MR) is 93.9 cm³/mol. The first-order valence-electron chi connectivity index (χ1n) is 7.59. The van der Waals surface area contributed by atoms with Gasteiger partial charge in [-0.05, 0) is 29.8 Å². The Morgan fingerprint density at radius 3 is 2.21 bits per heavy atom. The molecule has 3 aromatic rings. The predicted octanol–water partition coefficient (Wildman–Crippen LogP) is 4.71. The van der Waals surface area contributed by atoms with Gasteiger partial charge in [0.05, 0.1) is 16.9 Å². The van der Waals surface area contributed by atoms with E-state index in [0.717, 1.165) is 11.3 Å². The van der Waals surface area contributed by atoms with Gasteiger partial charge in [0.2, 0.25) is 0 Å². The molecular weight excluding hydrogens is 302 g/mol. The SMILES string of the molecule is O=C(O)c1ccccc1Nc1ccccc1OCc1ccccc1. The molecule has 0 aliphatic rings. The first-order chi connectivity index (χ1) is 11.7. The van der Waals surface area contributed by atoms with Gasteiger partial charge in [-0.3, -0.25) is 0 Å². The topological polar surface area (TPSA) is 58.6 Å². The van der Waals surface area contributed by atoms with Crippen LogP contribution in [-0.2, 0) is 6.61 Å². The average molecular weight is 319 g/mol. The lowest BCUT2D eigenvalue weighted by atomic mass is 10.1. The standard InChI is InChI=1S/C20H17NO3/c22-20(23)16-10-4-5-11-17(16)21-18-12-6-7-13-19(18)24-14-15-8-2-1-3-9-15/h1-13,21H,14H2,(H,22,23). The minimum absolute atomic E-state index is 0.218. The molecule has 24 heavy (non-hydrogen) atoms. The molecule has 4 nitrogen and oxygen atoms in total. The number of hydrogen-bond donors (Lipinski definition) is 2. The number of carbonyl (C=O) groups is 1. The third-order valence-electron chi connectivity index (χ3n) is 3.55. The summed E-state index contributed by atoms with van der Waals surface area (Å²) in [7, 11) is 0. The van der Waals surface area contributed by atoms with Crippen molar-refractivity contribution in [2.45, 2.75) is 6.61 Å². The minimum Gasteiger partial charge on any atom is -0.487 e. The first-order valence-corrected chi connectivity index (χ1v) is 7.59. The summed E-state index contributed by atoms with van der Waals surface area (Å²) in [6.45, 7) is 0.445. The number of rotatable bonds is 6. The first kappa shape index (κ1) is 15.6. The molecule has 120 valence electrons. The molecule has 0 aliphatic heterocycles. The van der Waals surface area contributed by atoms with E-state index in [4.69, 9.17) is 4.74 Å². The van der Waals surface area contributed by atoms with Crippen molar-refractivity contribution in [3.8, 4) is 5.75 Å². The van der Waals surface area contributed by atoms with Gasteiger partial charge in [-0.1, -0.05) is 54.6 Å². The molecule has 0 saturated carbocycles. The van der Waals surface area contributed by atoms with E-state index in [9.17, 15) is 9.90 Å². The number of benzene rings is 3. The van der Waals surface area contributed by atoms with Gasteiger partial charge in [-0.15, -0.1) is 0 Å². The van der Waals surface area contributed by atoms with E-state index in [1.807, 2.05) is 54.6 Å². The van der Waals surface area contributed by atoms with E-state index in [1.165, 1.54) is 0 Å². The van der Waals surface area contributed by atoms with E-state index in [-0.39, 0.29) is 5.56 Å². The van der Waals surface area contributed by atoms with Crippen LogP contribution in [0.1, 0.15) is 15.9 Å². The van der Waals surface area contributed by atoms with Gasteiger partial charge < -0.3 is 15.2 Å². The number of aromatic carboxylic acids is 1. The van der Waals surface area contributed by atoms with Crippen LogP contribution < -0.4 is 10.1 Å². The van der Waals surface area contributed by atoms with Gasteiger partial charge >= 0.3 is 5.97 Å². The highest BCUT2D eigenvalue weighted by molar-refractivity contribution is 5.95. The van der Waals surface area contributed by atoms with Crippen LogP contribution >= 0.6 is 0 Å². The lowest BCUT2D eigenvalue weighted by Crippen LogP contribution is -2.04.